The molecule has 1 aliphatic heterocycles. The lowest BCUT2D eigenvalue weighted by molar-refractivity contribution is 0.102. The molecule has 0 radical (unpaired) electrons. The van der Waals surface area contributed by atoms with Gasteiger partial charge in [-0.15, -0.1) is 12.4 Å². The van der Waals surface area contributed by atoms with Crippen LogP contribution < -0.4 is 15.4 Å². The van der Waals surface area contributed by atoms with Crippen molar-refractivity contribution >= 4 is 29.7 Å². The first-order valence-electron chi connectivity index (χ1n) is 7.78. The fourth-order valence-electron chi connectivity index (χ4n) is 2.79. The highest BCUT2D eigenvalue weighted by Gasteiger charge is 2.18. The van der Waals surface area contributed by atoms with E-state index in [9.17, 15) is 9.18 Å². The highest BCUT2D eigenvalue weighted by atomic mass is 35.5. The van der Waals surface area contributed by atoms with Crippen LogP contribution in [0.2, 0.25) is 0 Å². The van der Waals surface area contributed by atoms with Crippen molar-refractivity contribution in [2.45, 2.75) is 19.8 Å². The number of hydrogen-bond donors (Lipinski definition) is 2. The van der Waals surface area contributed by atoms with Crippen molar-refractivity contribution in [1.29, 1.82) is 0 Å². The molecule has 24 heavy (non-hydrogen) atoms. The molecule has 2 aromatic rings. The summed E-state index contributed by atoms with van der Waals surface area (Å²) in [4.78, 5) is 12.6. The minimum atomic E-state index is -0.396. The van der Waals surface area contributed by atoms with Gasteiger partial charge in [-0.1, -0.05) is 6.07 Å². The van der Waals surface area contributed by atoms with E-state index in [2.05, 4.69) is 10.6 Å². The Kier molecular flexibility index (Phi) is 6.04. The molecular weight excluding hydrogens is 331 g/mol. The first kappa shape index (κ1) is 18.1. The highest BCUT2D eigenvalue weighted by molar-refractivity contribution is 6.07. The molecule has 0 saturated heterocycles. The molecule has 0 fully saturated rings. The maximum atomic E-state index is 13.4. The molecule has 6 heteroatoms. The minimum absolute atomic E-state index is 0. The van der Waals surface area contributed by atoms with E-state index in [0.29, 0.717) is 23.6 Å². The van der Waals surface area contributed by atoms with Gasteiger partial charge >= 0.3 is 0 Å². The van der Waals surface area contributed by atoms with Crippen LogP contribution >= 0.6 is 12.4 Å². The highest BCUT2D eigenvalue weighted by Crippen LogP contribution is 2.29. The molecule has 128 valence electrons. The fraction of sp³-hybridized carbons (Fsp3) is 0.278. The average molecular weight is 351 g/mol. The third-order valence-electron chi connectivity index (χ3n) is 3.83. The fourth-order valence-corrected chi connectivity index (χ4v) is 2.79. The number of benzene rings is 2. The Morgan fingerprint density at radius 3 is 2.96 bits per heavy atom. The third kappa shape index (κ3) is 3.79. The molecule has 0 aliphatic carbocycles. The molecule has 0 bridgehead atoms. The zero-order valence-corrected chi connectivity index (χ0v) is 14.2. The van der Waals surface area contributed by atoms with Crippen LogP contribution in [0.1, 0.15) is 29.3 Å². The Labute approximate surface area is 146 Å². The molecule has 4 nitrogen and oxygen atoms in total. The van der Waals surface area contributed by atoms with Crippen LogP contribution in [-0.2, 0) is 6.42 Å². The van der Waals surface area contributed by atoms with Crippen molar-refractivity contribution < 1.29 is 13.9 Å². The second kappa shape index (κ2) is 8.02. The summed E-state index contributed by atoms with van der Waals surface area (Å²) in [7, 11) is 0. The van der Waals surface area contributed by atoms with Crippen LogP contribution in [0.3, 0.4) is 0 Å². The lowest BCUT2D eigenvalue weighted by Gasteiger charge is -2.21. The zero-order valence-electron chi connectivity index (χ0n) is 13.4. The number of halogens is 2. The van der Waals surface area contributed by atoms with Crippen LogP contribution in [0.25, 0.3) is 0 Å². The van der Waals surface area contributed by atoms with E-state index in [1.807, 2.05) is 25.1 Å². The standard InChI is InChI=1S/C18H19FN2O2.ClH/c1-2-23-17-11-12(19)8-9-16(17)21-18(22)14-5-3-7-15-13(14)6-4-10-20-15;/h3,5,7-9,11,20H,2,4,6,10H2,1H3,(H,21,22);1H. The number of carbonyl (C=O) groups is 1. The van der Waals surface area contributed by atoms with E-state index in [4.69, 9.17) is 4.74 Å². The van der Waals surface area contributed by atoms with Gasteiger partial charge < -0.3 is 15.4 Å². The number of anilines is 2. The number of hydrogen-bond acceptors (Lipinski definition) is 3. The SMILES string of the molecule is CCOc1cc(F)ccc1NC(=O)c1cccc2c1CCCN2.Cl. The minimum Gasteiger partial charge on any atom is -0.492 e. The molecule has 0 aromatic heterocycles. The molecule has 0 unspecified atom stereocenters. The van der Waals surface area contributed by atoms with Crippen LogP contribution in [0.15, 0.2) is 36.4 Å². The molecule has 3 rings (SSSR count). The summed E-state index contributed by atoms with van der Waals surface area (Å²) in [5.41, 5.74) is 3.14. The van der Waals surface area contributed by atoms with E-state index in [1.165, 1.54) is 18.2 Å². The Morgan fingerprint density at radius 2 is 2.17 bits per heavy atom. The van der Waals surface area contributed by atoms with Crippen LogP contribution in [0, 0.1) is 5.82 Å². The Hall–Kier alpha value is -2.27. The van der Waals surface area contributed by atoms with Gasteiger partial charge in [0.1, 0.15) is 11.6 Å². The number of rotatable bonds is 4. The van der Waals surface area contributed by atoms with Gasteiger partial charge in [0.25, 0.3) is 5.91 Å². The van der Waals surface area contributed by atoms with Gasteiger partial charge in [-0.2, -0.15) is 0 Å². The predicted molar refractivity (Wildman–Crippen MR) is 96.0 cm³/mol. The van der Waals surface area contributed by atoms with E-state index < -0.39 is 5.82 Å². The van der Waals surface area contributed by atoms with Gasteiger partial charge in [0, 0.05) is 23.9 Å². The molecule has 1 aliphatic rings. The summed E-state index contributed by atoms with van der Waals surface area (Å²) in [5, 5.41) is 6.14. The molecule has 1 amide bonds. The quantitative estimate of drug-likeness (QED) is 0.866. The summed E-state index contributed by atoms with van der Waals surface area (Å²) in [6.07, 6.45) is 1.87. The maximum absolute atomic E-state index is 13.4. The van der Waals surface area contributed by atoms with Crippen molar-refractivity contribution in [3.8, 4) is 5.75 Å². The zero-order chi connectivity index (χ0) is 16.2. The van der Waals surface area contributed by atoms with E-state index >= 15 is 0 Å². The monoisotopic (exact) mass is 350 g/mol. The van der Waals surface area contributed by atoms with Crippen LogP contribution in [0.4, 0.5) is 15.8 Å². The van der Waals surface area contributed by atoms with E-state index in [1.54, 1.807) is 0 Å². The van der Waals surface area contributed by atoms with E-state index in [0.717, 1.165) is 30.6 Å². The average Bonchev–Trinajstić information content (AvgIpc) is 2.57. The van der Waals surface area contributed by atoms with E-state index in [-0.39, 0.29) is 18.3 Å². The summed E-state index contributed by atoms with van der Waals surface area (Å²) < 4.78 is 18.8. The van der Waals surface area contributed by atoms with Gasteiger partial charge in [-0.3, -0.25) is 4.79 Å². The lowest BCUT2D eigenvalue weighted by Crippen LogP contribution is -2.19. The summed E-state index contributed by atoms with van der Waals surface area (Å²) in [6.45, 7) is 3.14. The predicted octanol–water partition coefficient (Wildman–Crippen LogP) is 4.26. The summed E-state index contributed by atoms with van der Waals surface area (Å²) >= 11 is 0. The summed E-state index contributed by atoms with van der Waals surface area (Å²) in [5.74, 6) is -0.269. The van der Waals surface area contributed by atoms with Crippen molar-refractivity contribution in [3.05, 3.63) is 53.3 Å². The molecule has 0 saturated carbocycles. The van der Waals surface area contributed by atoms with Gasteiger partial charge in [0.05, 0.1) is 12.3 Å². The Morgan fingerprint density at radius 1 is 1.33 bits per heavy atom. The van der Waals surface area contributed by atoms with Crippen molar-refractivity contribution in [3.63, 3.8) is 0 Å². The van der Waals surface area contributed by atoms with Gasteiger partial charge in [-0.05, 0) is 49.6 Å². The number of carbonyl (C=O) groups excluding carboxylic acids is 1. The second-order valence-electron chi connectivity index (χ2n) is 5.39. The topological polar surface area (TPSA) is 50.4 Å². The number of nitrogens with one attached hydrogen (secondary N) is 2. The number of ether oxygens (including phenoxy) is 1. The van der Waals surface area contributed by atoms with Gasteiger partial charge in [0.15, 0.2) is 0 Å². The molecule has 2 N–H and O–H groups in total. The molecule has 1 heterocycles. The molecule has 2 aromatic carbocycles. The lowest BCUT2D eigenvalue weighted by atomic mass is 9.97. The molecule has 0 atom stereocenters. The smallest absolute Gasteiger partial charge is 0.256 e. The third-order valence-corrected chi connectivity index (χ3v) is 3.83. The Bertz CT molecular complexity index is 737. The van der Waals surface area contributed by atoms with Crippen LogP contribution in [-0.4, -0.2) is 19.1 Å². The Balaban J connectivity index is 0.00000208. The van der Waals surface area contributed by atoms with Crippen molar-refractivity contribution in [2.75, 3.05) is 23.8 Å². The molecular formula is C18H20ClFN2O2. The largest absolute Gasteiger partial charge is 0.492 e. The second-order valence-corrected chi connectivity index (χ2v) is 5.39. The first-order valence-corrected chi connectivity index (χ1v) is 7.78. The molecule has 0 spiro atoms. The van der Waals surface area contributed by atoms with Gasteiger partial charge in [0.2, 0.25) is 0 Å². The van der Waals surface area contributed by atoms with Gasteiger partial charge in [-0.25, -0.2) is 4.39 Å². The maximum Gasteiger partial charge on any atom is 0.256 e. The van der Waals surface area contributed by atoms with Crippen LogP contribution in [0.5, 0.6) is 5.75 Å². The van der Waals surface area contributed by atoms with Crippen molar-refractivity contribution in [1.82, 2.24) is 0 Å². The summed E-state index contributed by atoms with van der Waals surface area (Å²) in [6, 6.07) is 9.76. The number of amides is 1. The first-order chi connectivity index (χ1) is 11.2. The normalized spacial score (nSPS) is 12.4. The number of fused-ring (bicyclic) bond motifs is 1. The van der Waals surface area contributed by atoms with Crippen molar-refractivity contribution in [2.24, 2.45) is 0 Å².